The van der Waals surface area contributed by atoms with E-state index in [1.165, 1.54) is 0 Å². The van der Waals surface area contributed by atoms with Crippen LogP contribution in [0.5, 0.6) is 0 Å². The minimum absolute atomic E-state index is 0. The van der Waals surface area contributed by atoms with E-state index < -0.39 is 5.97 Å². The number of aromatic carboxylic acids is 1. The monoisotopic (exact) mass is 328 g/mol. The van der Waals surface area contributed by atoms with Gasteiger partial charge in [0.15, 0.2) is 11.5 Å². The molecule has 0 aromatic carbocycles. The van der Waals surface area contributed by atoms with Crippen molar-refractivity contribution >= 4 is 53.8 Å². The van der Waals surface area contributed by atoms with E-state index in [0.717, 1.165) is 6.61 Å². The number of hydrogen-bond acceptors (Lipinski definition) is 6. The fourth-order valence-corrected chi connectivity index (χ4v) is 1.86. The molecule has 2 atom stereocenters. The first-order valence-electron chi connectivity index (χ1n) is 5.89. The summed E-state index contributed by atoms with van der Waals surface area (Å²) in [7, 11) is 0. The van der Waals surface area contributed by atoms with Gasteiger partial charge in [0, 0.05) is 24.9 Å². The van der Waals surface area contributed by atoms with Crippen LogP contribution in [0.1, 0.15) is 17.4 Å². The Bertz CT molecular complexity index is 516. The third-order valence-electron chi connectivity index (χ3n) is 2.48. The maximum Gasteiger partial charge on any atom is 0.356 e. The van der Waals surface area contributed by atoms with Gasteiger partial charge in [-0.05, 0) is 18.5 Å². The van der Waals surface area contributed by atoms with Gasteiger partial charge in [-0.25, -0.2) is 9.78 Å². The number of carboxylic acids is 1. The van der Waals surface area contributed by atoms with E-state index in [1.54, 1.807) is 0 Å². The van der Waals surface area contributed by atoms with Gasteiger partial charge in [0.2, 0.25) is 5.28 Å². The van der Waals surface area contributed by atoms with Crippen LogP contribution >= 0.6 is 23.2 Å². The number of hydrogen-bond donors (Lipinski definition) is 2. The molecule has 10 heteroatoms. The second-order valence-electron chi connectivity index (χ2n) is 4.35. The van der Waals surface area contributed by atoms with Crippen LogP contribution in [0.3, 0.4) is 0 Å². The van der Waals surface area contributed by atoms with Gasteiger partial charge < -0.3 is 19.9 Å². The van der Waals surface area contributed by atoms with Crippen LogP contribution in [0.15, 0.2) is 0 Å². The predicted octanol–water partition coefficient (Wildman–Crippen LogP) is 1.32. The topological polar surface area (TPSA) is 96.9 Å². The van der Waals surface area contributed by atoms with Crippen LogP contribution in [-0.2, 0) is 9.47 Å². The molecule has 1 aliphatic rings. The van der Waals surface area contributed by atoms with Gasteiger partial charge in [-0.3, -0.25) is 0 Å². The molecule has 1 radical (unpaired) electrons. The van der Waals surface area contributed by atoms with Gasteiger partial charge in [0.1, 0.15) is 11.1 Å². The number of anilines is 1. The van der Waals surface area contributed by atoms with Gasteiger partial charge in [0.05, 0.1) is 19.8 Å². The molecule has 0 amide bonds. The van der Waals surface area contributed by atoms with E-state index in [9.17, 15) is 4.79 Å². The standard InChI is InChI=1S/C11H13Cl2N3O4.Li/c1-5(2-19-3-6-4-20-6)14-9-7(12)8(10(17)18)15-11(13)16-9;/h5-6H,2-4H2,1H3,(H,17,18)(H,14,15,16);/t5-,6?;/m1./s1. The second-order valence-corrected chi connectivity index (χ2v) is 5.06. The Balaban J connectivity index is 0.00000220. The van der Waals surface area contributed by atoms with Gasteiger partial charge in [0.25, 0.3) is 0 Å². The Morgan fingerprint density at radius 3 is 2.81 bits per heavy atom. The molecule has 0 saturated carbocycles. The first kappa shape index (κ1) is 18.5. The average Bonchev–Trinajstić information content (AvgIpc) is 3.17. The maximum absolute atomic E-state index is 11.0. The number of ether oxygens (including phenoxy) is 2. The van der Waals surface area contributed by atoms with E-state index in [2.05, 4.69) is 15.3 Å². The van der Waals surface area contributed by atoms with E-state index in [1.807, 2.05) is 6.92 Å². The largest absolute Gasteiger partial charge is 0.476 e. The third-order valence-corrected chi connectivity index (χ3v) is 3.01. The summed E-state index contributed by atoms with van der Waals surface area (Å²) in [5.41, 5.74) is -0.339. The van der Waals surface area contributed by atoms with Crippen molar-refractivity contribution in [2.45, 2.75) is 19.1 Å². The number of epoxide rings is 1. The van der Waals surface area contributed by atoms with Crippen LogP contribution in [0.25, 0.3) is 0 Å². The zero-order valence-corrected chi connectivity index (χ0v) is 13.1. The molecule has 1 unspecified atom stereocenters. The number of carbonyl (C=O) groups is 1. The smallest absolute Gasteiger partial charge is 0.356 e. The van der Waals surface area contributed by atoms with Crippen LogP contribution < -0.4 is 5.32 Å². The van der Waals surface area contributed by atoms with E-state index in [4.69, 9.17) is 37.8 Å². The number of nitrogens with one attached hydrogen (secondary N) is 1. The molecule has 1 aromatic rings. The van der Waals surface area contributed by atoms with Crippen LogP contribution in [0, 0.1) is 0 Å². The number of rotatable bonds is 7. The molecule has 21 heavy (non-hydrogen) atoms. The summed E-state index contributed by atoms with van der Waals surface area (Å²) in [5, 5.41) is 11.6. The van der Waals surface area contributed by atoms with E-state index >= 15 is 0 Å². The number of carboxylic acid groups (broad SMARTS) is 1. The van der Waals surface area contributed by atoms with Crippen molar-refractivity contribution in [3.63, 3.8) is 0 Å². The first-order valence-corrected chi connectivity index (χ1v) is 6.65. The Morgan fingerprint density at radius 2 is 2.24 bits per heavy atom. The number of halogens is 2. The first-order chi connectivity index (χ1) is 9.47. The summed E-state index contributed by atoms with van der Waals surface area (Å²) in [6, 6.07) is -0.126. The van der Waals surface area contributed by atoms with Crippen molar-refractivity contribution in [2.75, 3.05) is 25.1 Å². The molecule has 1 aromatic heterocycles. The zero-order chi connectivity index (χ0) is 14.7. The Morgan fingerprint density at radius 1 is 1.57 bits per heavy atom. The van der Waals surface area contributed by atoms with Gasteiger partial charge >= 0.3 is 5.97 Å². The summed E-state index contributed by atoms with van der Waals surface area (Å²) in [4.78, 5) is 18.4. The van der Waals surface area contributed by atoms with Crippen LogP contribution in [0.2, 0.25) is 10.3 Å². The molecule has 1 aliphatic heterocycles. The SMILES string of the molecule is C[C@H](COCC1CO1)Nc1nc(Cl)nc(C(=O)O)c1Cl.[Li]. The van der Waals surface area contributed by atoms with Crippen molar-refractivity contribution in [3.8, 4) is 0 Å². The fourth-order valence-electron chi connectivity index (χ4n) is 1.47. The Labute approximate surface area is 143 Å². The Kier molecular flexibility index (Phi) is 7.20. The van der Waals surface area contributed by atoms with Crippen molar-refractivity contribution in [2.24, 2.45) is 0 Å². The molecule has 0 bridgehead atoms. The molecule has 1 saturated heterocycles. The van der Waals surface area contributed by atoms with Crippen molar-refractivity contribution in [3.05, 3.63) is 16.0 Å². The summed E-state index contributed by atoms with van der Waals surface area (Å²) in [6.07, 6.45) is 0.192. The summed E-state index contributed by atoms with van der Waals surface area (Å²) < 4.78 is 10.4. The molecule has 0 aliphatic carbocycles. The third kappa shape index (κ3) is 5.62. The van der Waals surface area contributed by atoms with E-state index in [-0.39, 0.29) is 52.8 Å². The van der Waals surface area contributed by atoms with Crippen molar-refractivity contribution < 1.29 is 19.4 Å². The second kappa shape index (κ2) is 8.18. The fraction of sp³-hybridized carbons (Fsp3) is 0.545. The molecule has 0 spiro atoms. The molecule has 2 heterocycles. The van der Waals surface area contributed by atoms with Gasteiger partial charge in [-0.1, -0.05) is 11.6 Å². The van der Waals surface area contributed by atoms with Crippen LogP contribution in [0.4, 0.5) is 5.82 Å². The van der Waals surface area contributed by atoms with Gasteiger partial charge in [-0.15, -0.1) is 0 Å². The summed E-state index contributed by atoms with van der Waals surface area (Å²) in [5.74, 6) is -1.10. The minimum Gasteiger partial charge on any atom is -0.476 e. The normalized spacial score (nSPS) is 17.8. The quantitative estimate of drug-likeness (QED) is 0.442. The zero-order valence-electron chi connectivity index (χ0n) is 11.6. The number of nitrogens with zero attached hydrogens (tertiary/aromatic N) is 2. The van der Waals surface area contributed by atoms with Crippen molar-refractivity contribution in [1.29, 1.82) is 0 Å². The summed E-state index contributed by atoms with van der Waals surface area (Å²) in [6.45, 7) is 3.52. The molecule has 1 fully saturated rings. The average molecular weight is 329 g/mol. The molecular formula is C11H13Cl2LiN3O4. The Hall–Kier alpha value is -0.553. The molecule has 2 rings (SSSR count). The van der Waals surface area contributed by atoms with Crippen LogP contribution in [-0.4, -0.2) is 71.9 Å². The summed E-state index contributed by atoms with van der Waals surface area (Å²) >= 11 is 11.6. The predicted molar refractivity (Wildman–Crippen MR) is 78.4 cm³/mol. The molecular weight excluding hydrogens is 316 g/mol. The minimum atomic E-state index is -1.27. The molecule has 111 valence electrons. The maximum atomic E-state index is 11.0. The van der Waals surface area contributed by atoms with Crippen molar-refractivity contribution in [1.82, 2.24) is 9.97 Å². The molecule has 2 N–H and O–H groups in total. The van der Waals surface area contributed by atoms with Gasteiger partial charge in [-0.2, -0.15) is 4.98 Å². The molecule has 7 nitrogen and oxygen atoms in total. The number of aromatic nitrogens is 2. The van der Waals surface area contributed by atoms with E-state index in [0.29, 0.717) is 13.2 Å².